The molecule has 21 heavy (non-hydrogen) atoms. The normalized spacial score (nSPS) is 11.5. The van der Waals surface area contributed by atoms with E-state index >= 15 is 0 Å². The Balaban J connectivity index is 2.34. The van der Waals surface area contributed by atoms with Gasteiger partial charge in [-0.25, -0.2) is 0 Å². The van der Waals surface area contributed by atoms with Gasteiger partial charge in [-0.3, -0.25) is 9.48 Å². The Hall–Kier alpha value is -1.83. The number of halogens is 4. The van der Waals surface area contributed by atoms with Crippen LogP contribution >= 0.6 is 15.9 Å². The Morgan fingerprint density at radius 3 is 2.62 bits per heavy atom. The van der Waals surface area contributed by atoms with E-state index in [-0.39, 0.29) is 0 Å². The van der Waals surface area contributed by atoms with E-state index in [1.54, 1.807) is 25.1 Å². The van der Waals surface area contributed by atoms with Crippen molar-refractivity contribution in [2.75, 3.05) is 5.32 Å². The van der Waals surface area contributed by atoms with Crippen LogP contribution in [0.2, 0.25) is 0 Å². The first-order chi connectivity index (χ1) is 9.70. The number of nitrogens with one attached hydrogen (secondary N) is 1. The lowest BCUT2D eigenvalue weighted by Crippen LogP contribution is -2.20. The molecule has 0 aliphatic rings. The van der Waals surface area contributed by atoms with Crippen LogP contribution in [0.3, 0.4) is 0 Å². The summed E-state index contributed by atoms with van der Waals surface area (Å²) in [4.78, 5) is 12.1. The highest BCUT2D eigenvalue weighted by molar-refractivity contribution is 9.10. The van der Waals surface area contributed by atoms with E-state index in [1.165, 1.54) is 0 Å². The maximum absolute atomic E-state index is 12.9. The second kappa shape index (κ2) is 5.51. The predicted molar refractivity (Wildman–Crippen MR) is 75.0 cm³/mol. The molecule has 8 heteroatoms. The minimum atomic E-state index is -4.65. The van der Waals surface area contributed by atoms with Crippen LogP contribution in [0.1, 0.15) is 21.6 Å². The Morgan fingerprint density at radius 1 is 1.38 bits per heavy atom. The van der Waals surface area contributed by atoms with Gasteiger partial charge < -0.3 is 5.32 Å². The number of hydrogen-bond acceptors (Lipinski definition) is 2. The standard InChI is InChI=1S/C13H11BrF3N3O/c1-7-5-8(14)3-4-10(7)19-12(21)9-6-18-20(2)11(9)13(15,16)17/h3-6H,1-2H3,(H,19,21). The first-order valence-corrected chi connectivity index (χ1v) is 6.66. The zero-order valence-corrected chi connectivity index (χ0v) is 12.7. The van der Waals surface area contributed by atoms with Crippen molar-refractivity contribution in [3.05, 3.63) is 45.7 Å². The number of rotatable bonds is 2. The zero-order valence-electron chi connectivity index (χ0n) is 11.1. The number of benzene rings is 1. The van der Waals surface area contributed by atoms with Crippen molar-refractivity contribution in [2.45, 2.75) is 13.1 Å². The molecule has 0 spiro atoms. The third-order valence-electron chi connectivity index (χ3n) is 2.89. The Labute approximate surface area is 127 Å². The highest BCUT2D eigenvalue weighted by Crippen LogP contribution is 2.32. The fraction of sp³-hybridized carbons (Fsp3) is 0.231. The lowest BCUT2D eigenvalue weighted by Gasteiger charge is -2.11. The van der Waals surface area contributed by atoms with E-state index in [1.807, 2.05) is 0 Å². The molecule has 2 aromatic rings. The van der Waals surface area contributed by atoms with E-state index in [4.69, 9.17) is 0 Å². The predicted octanol–water partition coefficient (Wildman–Crippen LogP) is 3.76. The van der Waals surface area contributed by atoms with Crippen LogP contribution in [-0.2, 0) is 13.2 Å². The second-order valence-electron chi connectivity index (χ2n) is 4.44. The van der Waals surface area contributed by atoms with Crippen molar-refractivity contribution in [3.63, 3.8) is 0 Å². The minimum Gasteiger partial charge on any atom is -0.322 e. The number of amides is 1. The molecule has 0 bridgehead atoms. The minimum absolute atomic E-state index is 0.445. The number of carbonyl (C=O) groups excluding carboxylic acids is 1. The van der Waals surface area contributed by atoms with Crippen LogP contribution in [0.15, 0.2) is 28.9 Å². The first-order valence-electron chi connectivity index (χ1n) is 5.87. The average molecular weight is 362 g/mol. The van der Waals surface area contributed by atoms with Gasteiger partial charge in [0.2, 0.25) is 0 Å². The molecule has 2 rings (SSSR count). The van der Waals surface area contributed by atoms with Gasteiger partial charge in [-0.1, -0.05) is 15.9 Å². The van der Waals surface area contributed by atoms with Crippen molar-refractivity contribution in [1.29, 1.82) is 0 Å². The molecule has 1 amide bonds. The summed E-state index contributed by atoms with van der Waals surface area (Å²) < 4.78 is 40.2. The topological polar surface area (TPSA) is 46.9 Å². The van der Waals surface area contributed by atoms with E-state index in [9.17, 15) is 18.0 Å². The molecule has 0 radical (unpaired) electrons. The molecule has 112 valence electrons. The van der Waals surface area contributed by atoms with Crippen molar-refractivity contribution in [3.8, 4) is 0 Å². The molecule has 0 aliphatic carbocycles. The van der Waals surface area contributed by atoms with Crippen LogP contribution in [-0.4, -0.2) is 15.7 Å². The molecule has 0 fully saturated rings. The van der Waals surface area contributed by atoms with Crippen LogP contribution in [0.25, 0.3) is 0 Å². The van der Waals surface area contributed by atoms with Crippen molar-refractivity contribution >= 4 is 27.5 Å². The largest absolute Gasteiger partial charge is 0.433 e. The van der Waals surface area contributed by atoms with Gasteiger partial charge in [0, 0.05) is 17.2 Å². The summed E-state index contributed by atoms with van der Waals surface area (Å²) in [5, 5.41) is 5.98. The third kappa shape index (κ3) is 3.26. The van der Waals surface area contributed by atoms with Crippen molar-refractivity contribution in [2.24, 2.45) is 7.05 Å². The summed E-state index contributed by atoms with van der Waals surface area (Å²) in [5.41, 5.74) is -0.405. The van der Waals surface area contributed by atoms with Crippen LogP contribution in [0.5, 0.6) is 0 Å². The number of aryl methyl sites for hydroxylation is 2. The first kappa shape index (κ1) is 15.6. The van der Waals surface area contributed by atoms with Gasteiger partial charge in [0.25, 0.3) is 5.91 Å². The van der Waals surface area contributed by atoms with Gasteiger partial charge in [0.1, 0.15) is 0 Å². The average Bonchev–Trinajstić information content (AvgIpc) is 2.74. The molecule has 0 atom stereocenters. The van der Waals surface area contributed by atoms with Crippen LogP contribution in [0.4, 0.5) is 18.9 Å². The number of nitrogens with zero attached hydrogens (tertiary/aromatic N) is 2. The molecule has 0 aliphatic heterocycles. The van der Waals surface area contributed by atoms with E-state index in [2.05, 4.69) is 26.3 Å². The monoisotopic (exact) mass is 361 g/mol. The van der Waals surface area contributed by atoms with E-state index in [0.29, 0.717) is 10.4 Å². The number of anilines is 1. The Morgan fingerprint density at radius 2 is 2.05 bits per heavy atom. The summed E-state index contributed by atoms with van der Waals surface area (Å²) in [5.74, 6) is -0.846. The van der Waals surface area contributed by atoms with Gasteiger partial charge in [0.05, 0.1) is 11.8 Å². The summed E-state index contributed by atoms with van der Waals surface area (Å²) in [6.45, 7) is 1.74. The summed E-state index contributed by atoms with van der Waals surface area (Å²) in [6.07, 6.45) is -3.74. The molecule has 1 heterocycles. The SMILES string of the molecule is Cc1cc(Br)ccc1NC(=O)c1cnn(C)c1C(F)(F)F. The molecule has 1 N–H and O–H groups in total. The zero-order chi connectivity index (χ0) is 15.8. The maximum Gasteiger partial charge on any atom is 0.433 e. The van der Waals surface area contributed by atoms with Crippen LogP contribution in [0, 0.1) is 6.92 Å². The number of alkyl halides is 3. The fourth-order valence-corrected chi connectivity index (χ4v) is 2.37. The second-order valence-corrected chi connectivity index (χ2v) is 5.36. The number of hydrogen-bond donors (Lipinski definition) is 1. The number of aromatic nitrogens is 2. The van der Waals surface area contributed by atoms with E-state index < -0.39 is 23.3 Å². The Bertz CT molecular complexity index is 694. The molecular formula is C13H11BrF3N3O. The third-order valence-corrected chi connectivity index (χ3v) is 3.38. The quantitative estimate of drug-likeness (QED) is 0.884. The lowest BCUT2D eigenvalue weighted by molar-refractivity contribution is -0.144. The summed E-state index contributed by atoms with van der Waals surface area (Å²) in [7, 11) is 1.14. The van der Waals surface area contributed by atoms with Gasteiger partial charge in [-0.2, -0.15) is 18.3 Å². The van der Waals surface area contributed by atoms with Gasteiger partial charge in [-0.05, 0) is 30.7 Å². The van der Waals surface area contributed by atoms with E-state index in [0.717, 1.165) is 23.3 Å². The fourth-order valence-electron chi connectivity index (χ4n) is 1.90. The summed E-state index contributed by atoms with van der Waals surface area (Å²) in [6, 6.07) is 5.06. The van der Waals surface area contributed by atoms with Gasteiger partial charge in [0.15, 0.2) is 5.69 Å². The molecule has 4 nitrogen and oxygen atoms in total. The van der Waals surface area contributed by atoms with Crippen molar-refractivity contribution < 1.29 is 18.0 Å². The molecule has 0 unspecified atom stereocenters. The molecule has 0 saturated heterocycles. The smallest absolute Gasteiger partial charge is 0.322 e. The van der Waals surface area contributed by atoms with Gasteiger partial charge in [-0.15, -0.1) is 0 Å². The highest BCUT2D eigenvalue weighted by atomic mass is 79.9. The molecule has 1 aromatic carbocycles. The van der Waals surface area contributed by atoms with Crippen LogP contribution < -0.4 is 5.32 Å². The maximum atomic E-state index is 12.9. The molecular weight excluding hydrogens is 351 g/mol. The van der Waals surface area contributed by atoms with Gasteiger partial charge >= 0.3 is 6.18 Å². The lowest BCUT2D eigenvalue weighted by atomic mass is 10.1. The van der Waals surface area contributed by atoms with Crippen molar-refractivity contribution in [1.82, 2.24) is 9.78 Å². The Kier molecular flexibility index (Phi) is 4.08. The number of carbonyl (C=O) groups is 1. The summed E-state index contributed by atoms with van der Waals surface area (Å²) >= 11 is 3.27. The molecule has 0 saturated carbocycles. The molecule has 1 aromatic heterocycles. The highest BCUT2D eigenvalue weighted by Gasteiger charge is 2.39.